The normalized spacial score (nSPS) is 22.7. The highest BCUT2D eigenvalue weighted by atomic mass is 14.9. The molecule has 1 aliphatic carbocycles. The second kappa shape index (κ2) is 6.89. The zero-order chi connectivity index (χ0) is 15.3. The van der Waals surface area contributed by atoms with Gasteiger partial charge in [-0.2, -0.15) is 0 Å². The molecule has 0 amide bonds. The van der Waals surface area contributed by atoms with Crippen molar-refractivity contribution in [1.82, 2.24) is 0 Å². The molecule has 1 nitrogen and oxygen atoms in total. The minimum Gasteiger partial charge on any atom is -0.283 e. The summed E-state index contributed by atoms with van der Waals surface area (Å²) in [6.07, 6.45) is 19.9. The van der Waals surface area contributed by atoms with Crippen molar-refractivity contribution < 1.29 is 0 Å². The van der Waals surface area contributed by atoms with Crippen molar-refractivity contribution in [3.63, 3.8) is 0 Å². The molecule has 2 aliphatic rings. The van der Waals surface area contributed by atoms with Gasteiger partial charge in [-0.05, 0) is 64.5 Å². The number of nitrogens with zero attached hydrogens (tertiary/aromatic N) is 1. The summed E-state index contributed by atoms with van der Waals surface area (Å²) in [4.78, 5) is 4.91. The smallest absolute Gasteiger partial charge is 0.0559 e. The third-order valence-corrected chi connectivity index (χ3v) is 4.02. The van der Waals surface area contributed by atoms with Crippen LogP contribution >= 0.6 is 0 Å². The second-order valence-corrected chi connectivity index (χ2v) is 6.52. The molecule has 112 valence electrons. The van der Waals surface area contributed by atoms with Gasteiger partial charge in [-0.1, -0.05) is 48.1 Å². The Hall–Kier alpha value is -1.63. The predicted octanol–water partition coefficient (Wildman–Crippen LogP) is 5.73. The number of hydrogen-bond donors (Lipinski definition) is 0. The highest BCUT2D eigenvalue weighted by Crippen LogP contribution is 2.31. The van der Waals surface area contributed by atoms with Gasteiger partial charge in [-0.25, -0.2) is 0 Å². The molecule has 0 atom stereocenters. The monoisotopic (exact) mass is 281 g/mol. The van der Waals surface area contributed by atoms with Crippen molar-refractivity contribution in [2.45, 2.75) is 58.9 Å². The highest BCUT2D eigenvalue weighted by Gasteiger charge is 2.26. The van der Waals surface area contributed by atoms with E-state index in [1.807, 2.05) is 6.92 Å². The molecule has 0 bridgehead atoms. The molecule has 2 rings (SSSR count). The molecular formula is C20H27N. The molecule has 0 spiro atoms. The quantitative estimate of drug-likeness (QED) is 0.584. The van der Waals surface area contributed by atoms with E-state index in [4.69, 9.17) is 4.99 Å². The van der Waals surface area contributed by atoms with Gasteiger partial charge in [0.25, 0.3) is 0 Å². The fraction of sp³-hybridized carbons (Fsp3) is 0.450. The van der Waals surface area contributed by atoms with Gasteiger partial charge in [0.2, 0.25) is 0 Å². The van der Waals surface area contributed by atoms with Crippen LogP contribution in [0, 0.1) is 0 Å². The molecule has 0 fully saturated rings. The van der Waals surface area contributed by atoms with Crippen LogP contribution in [0.25, 0.3) is 0 Å². The molecule has 1 heterocycles. The van der Waals surface area contributed by atoms with E-state index in [9.17, 15) is 0 Å². The van der Waals surface area contributed by atoms with Crippen LogP contribution < -0.4 is 0 Å². The van der Waals surface area contributed by atoms with Crippen molar-refractivity contribution in [2.24, 2.45) is 4.99 Å². The topological polar surface area (TPSA) is 12.4 Å². The first-order valence-electron chi connectivity index (χ1n) is 7.98. The van der Waals surface area contributed by atoms with E-state index in [2.05, 4.69) is 63.3 Å². The molecular weight excluding hydrogens is 254 g/mol. The fourth-order valence-electron chi connectivity index (χ4n) is 2.87. The first kappa shape index (κ1) is 15.8. The van der Waals surface area contributed by atoms with Gasteiger partial charge < -0.3 is 0 Å². The van der Waals surface area contributed by atoms with E-state index < -0.39 is 0 Å². The van der Waals surface area contributed by atoms with E-state index in [0.29, 0.717) is 0 Å². The van der Waals surface area contributed by atoms with E-state index >= 15 is 0 Å². The average Bonchev–Trinajstić information content (AvgIpc) is 2.80. The Morgan fingerprint density at radius 1 is 1.29 bits per heavy atom. The minimum absolute atomic E-state index is 0.116. The SMILES string of the molecule is C\C=C/C(C)=C\C=C\C1=C(C2=NC(C)(C)CC2)C=CCC1. The van der Waals surface area contributed by atoms with Gasteiger partial charge >= 0.3 is 0 Å². The van der Waals surface area contributed by atoms with Gasteiger partial charge in [0, 0.05) is 5.71 Å². The van der Waals surface area contributed by atoms with Gasteiger partial charge in [-0.15, -0.1) is 0 Å². The summed E-state index contributed by atoms with van der Waals surface area (Å²) in [5, 5.41) is 0. The largest absolute Gasteiger partial charge is 0.283 e. The van der Waals surface area contributed by atoms with E-state index in [0.717, 1.165) is 25.7 Å². The molecule has 0 N–H and O–H groups in total. The van der Waals surface area contributed by atoms with E-state index in [-0.39, 0.29) is 5.54 Å². The van der Waals surface area contributed by atoms with Crippen molar-refractivity contribution >= 4 is 5.71 Å². The number of hydrogen-bond acceptors (Lipinski definition) is 1. The number of allylic oxidation sites excluding steroid dienone is 10. The maximum Gasteiger partial charge on any atom is 0.0559 e. The summed E-state index contributed by atoms with van der Waals surface area (Å²) in [7, 11) is 0. The lowest BCUT2D eigenvalue weighted by Gasteiger charge is -2.14. The molecule has 0 aromatic heterocycles. The lowest BCUT2D eigenvalue weighted by molar-refractivity contribution is 0.522. The summed E-state index contributed by atoms with van der Waals surface area (Å²) in [6.45, 7) is 8.63. The van der Waals surface area contributed by atoms with Crippen LogP contribution in [0.2, 0.25) is 0 Å². The Morgan fingerprint density at radius 3 is 2.76 bits per heavy atom. The first-order chi connectivity index (χ1) is 10.0. The van der Waals surface area contributed by atoms with Crippen LogP contribution in [0.4, 0.5) is 0 Å². The lowest BCUT2D eigenvalue weighted by atomic mass is 9.92. The third kappa shape index (κ3) is 4.42. The summed E-state index contributed by atoms with van der Waals surface area (Å²) < 4.78 is 0. The summed E-state index contributed by atoms with van der Waals surface area (Å²) in [6, 6.07) is 0. The van der Waals surface area contributed by atoms with Crippen molar-refractivity contribution in [3.8, 4) is 0 Å². The van der Waals surface area contributed by atoms with E-state index in [1.54, 1.807) is 0 Å². The predicted molar refractivity (Wildman–Crippen MR) is 93.9 cm³/mol. The molecule has 1 heteroatoms. The van der Waals surface area contributed by atoms with Crippen LogP contribution in [-0.2, 0) is 0 Å². The lowest BCUT2D eigenvalue weighted by Crippen LogP contribution is -2.10. The van der Waals surface area contributed by atoms with Gasteiger partial charge in [-0.3, -0.25) is 4.99 Å². The molecule has 0 unspecified atom stereocenters. The van der Waals surface area contributed by atoms with Crippen LogP contribution in [-0.4, -0.2) is 11.3 Å². The third-order valence-electron chi connectivity index (χ3n) is 4.02. The summed E-state index contributed by atoms with van der Waals surface area (Å²) in [5.74, 6) is 0. The zero-order valence-corrected chi connectivity index (χ0v) is 13.8. The maximum atomic E-state index is 4.91. The van der Waals surface area contributed by atoms with Crippen molar-refractivity contribution in [1.29, 1.82) is 0 Å². The van der Waals surface area contributed by atoms with Crippen LogP contribution in [0.1, 0.15) is 53.4 Å². The van der Waals surface area contributed by atoms with Crippen molar-refractivity contribution in [2.75, 3.05) is 0 Å². The molecule has 0 radical (unpaired) electrons. The number of aliphatic imine (C=N–C) groups is 1. The van der Waals surface area contributed by atoms with Gasteiger partial charge in [0.15, 0.2) is 0 Å². The summed E-state index contributed by atoms with van der Waals surface area (Å²) in [5.41, 5.74) is 5.48. The molecule has 0 aromatic rings. The Labute approximate surface area is 129 Å². The van der Waals surface area contributed by atoms with Crippen LogP contribution in [0.3, 0.4) is 0 Å². The average molecular weight is 281 g/mol. The minimum atomic E-state index is 0.116. The Bertz CT molecular complexity index is 563. The maximum absolute atomic E-state index is 4.91. The second-order valence-electron chi connectivity index (χ2n) is 6.52. The Kier molecular flexibility index (Phi) is 5.17. The van der Waals surface area contributed by atoms with Crippen LogP contribution in [0.5, 0.6) is 0 Å². The van der Waals surface area contributed by atoms with E-state index in [1.165, 1.54) is 22.4 Å². The fourth-order valence-corrected chi connectivity index (χ4v) is 2.87. The molecule has 1 aliphatic heterocycles. The van der Waals surface area contributed by atoms with Gasteiger partial charge in [0.05, 0.1) is 5.54 Å². The van der Waals surface area contributed by atoms with Gasteiger partial charge in [0.1, 0.15) is 0 Å². The molecule has 0 saturated carbocycles. The zero-order valence-electron chi connectivity index (χ0n) is 13.8. The highest BCUT2D eigenvalue weighted by molar-refractivity contribution is 6.05. The summed E-state index contributed by atoms with van der Waals surface area (Å²) >= 11 is 0. The van der Waals surface area contributed by atoms with Crippen LogP contribution in [0.15, 0.2) is 64.2 Å². The Morgan fingerprint density at radius 2 is 2.10 bits per heavy atom. The molecule has 21 heavy (non-hydrogen) atoms. The first-order valence-corrected chi connectivity index (χ1v) is 7.98. The molecule has 0 aromatic carbocycles. The molecule has 0 saturated heterocycles. The number of rotatable bonds is 4. The standard InChI is InChI=1S/C20H27N/c1-5-9-16(2)10-8-12-17-11-6-7-13-18(17)19-14-15-20(3,4)21-19/h5,7-10,12-13H,6,11,14-15H2,1-4H3/b9-5-,12-8+,16-10-. The Balaban J connectivity index is 2.24. The van der Waals surface area contributed by atoms with Crippen molar-refractivity contribution in [3.05, 3.63) is 59.3 Å².